The number of nitrogens with one attached hydrogen (secondary N) is 2. The van der Waals surface area contributed by atoms with Crippen molar-refractivity contribution < 1.29 is 59.4 Å². The molecule has 1 aliphatic heterocycles. The molecule has 3 fully saturated rings. The van der Waals surface area contributed by atoms with Gasteiger partial charge in [0.25, 0.3) is 0 Å². The van der Waals surface area contributed by atoms with Crippen LogP contribution >= 0.6 is 0 Å². The monoisotopic (exact) mass is 841 g/mol. The number of nitrogens with two attached hydrogens (primary N) is 1. The number of allylic oxidation sites excluding steroid dienone is 2. The molecule has 8 atom stereocenters. The average Bonchev–Trinajstić information content (AvgIpc) is 3.77. The summed E-state index contributed by atoms with van der Waals surface area (Å²) in [6.07, 6.45) is 0.186. The summed E-state index contributed by atoms with van der Waals surface area (Å²) in [7, 11) is -2.27. The molecule has 2 aliphatic carbocycles. The molecular weight excluding hydrogens is 791 g/mol. The lowest BCUT2D eigenvalue weighted by Gasteiger charge is -2.32. The molecule has 320 valence electrons. The van der Waals surface area contributed by atoms with Crippen molar-refractivity contribution in [1.29, 1.82) is 0 Å². The standard InChI is InChI=1S/C39H51F4N5O9S/c1-21(8-5-6-9-24-10-7-11-28(24)35(50)47-58(53,54)27-12-13-27)16-22(2)33(46-38(52)56-23(3)39(41,42)43)37(51)48-20-26(19-31(48)34(44)49)57-36-30-17-25(40)18-32(55-4)29(30)14-15-45-36/h6,9,14-15,17-18,21-24,26-28,31,33H,5,7-8,10-13,16,19-20H2,1-4H3,(H2,44,49)(H,46,52)(H,47,50)/b9-6-/t21-,22-,23-,24-,26-,28?,31+,33+/m1/s1. The fourth-order valence-corrected chi connectivity index (χ4v) is 9.14. The van der Waals surface area contributed by atoms with Gasteiger partial charge in [-0.3, -0.25) is 19.1 Å². The van der Waals surface area contributed by atoms with E-state index in [0.29, 0.717) is 50.8 Å². The van der Waals surface area contributed by atoms with E-state index in [-0.39, 0.29) is 41.8 Å². The quantitative estimate of drug-likeness (QED) is 0.139. The van der Waals surface area contributed by atoms with E-state index in [1.807, 2.05) is 19.1 Å². The van der Waals surface area contributed by atoms with Crippen molar-refractivity contribution in [2.24, 2.45) is 29.4 Å². The van der Waals surface area contributed by atoms with Gasteiger partial charge in [-0.25, -0.2) is 22.6 Å². The van der Waals surface area contributed by atoms with E-state index in [2.05, 4.69) is 19.8 Å². The molecule has 19 heteroatoms. The molecule has 1 unspecified atom stereocenters. The average molecular weight is 842 g/mol. The largest absolute Gasteiger partial charge is 0.496 e. The van der Waals surface area contributed by atoms with Gasteiger partial charge in [0.1, 0.15) is 29.8 Å². The maximum absolute atomic E-state index is 14.5. The maximum atomic E-state index is 14.5. The number of primary amides is 1. The second-order valence-electron chi connectivity index (χ2n) is 15.7. The van der Waals surface area contributed by atoms with Crippen molar-refractivity contribution in [3.8, 4) is 11.6 Å². The van der Waals surface area contributed by atoms with E-state index >= 15 is 0 Å². The summed E-state index contributed by atoms with van der Waals surface area (Å²) >= 11 is 0. The number of pyridine rings is 1. The topological polar surface area (TPSA) is 196 Å². The maximum Gasteiger partial charge on any atom is 0.425 e. The third-order valence-corrected chi connectivity index (χ3v) is 12.9. The van der Waals surface area contributed by atoms with Crippen molar-refractivity contribution in [1.82, 2.24) is 19.9 Å². The minimum Gasteiger partial charge on any atom is -0.496 e. The minimum absolute atomic E-state index is 0.00157. The first kappa shape index (κ1) is 44.4. The highest BCUT2D eigenvalue weighted by atomic mass is 32.2. The molecule has 4 amide bonds. The molecule has 58 heavy (non-hydrogen) atoms. The molecule has 14 nitrogen and oxygen atoms in total. The summed E-state index contributed by atoms with van der Waals surface area (Å²) in [6.45, 7) is 3.99. The van der Waals surface area contributed by atoms with Crippen LogP contribution in [0, 0.1) is 29.5 Å². The van der Waals surface area contributed by atoms with E-state index in [1.165, 1.54) is 25.4 Å². The van der Waals surface area contributed by atoms with Gasteiger partial charge in [-0.2, -0.15) is 13.2 Å². The van der Waals surface area contributed by atoms with Gasteiger partial charge in [0.15, 0.2) is 6.10 Å². The number of carbonyl (C=O) groups excluding carboxylic acids is 4. The molecule has 4 N–H and O–H groups in total. The number of halogens is 4. The van der Waals surface area contributed by atoms with Crippen LogP contribution in [0.15, 0.2) is 36.5 Å². The van der Waals surface area contributed by atoms with Gasteiger partial charge < -0.3 is 30.2 Å². The van der Waals surface area contributed by atoms with Gasteiger partial charge >= 0.3 is 12.3 Å². The predicted octanol–water partition coefficient (Wildman–Crippen LogP) is 5.29. The number of likely N-dealkylation sites (tertiary alicyclic amines) is 1. The SMILES string of the molecule is COc1cc(F)cc2c(O[C@@H]3C[C@@H](C(N)=O)N(C(=O)[C@@H](NC(=O)O[C@H](C)C(F)(F)F)[C@H](C)C[C@H](C)CC/C=C\[C@@H]4CCCC4C(=O)NS(=O)(=O)C4CC4)C3)nccc12. The van der Waals surface area contributed by atoms with Crippen LogP contribution in [0.2, 0.25) is 0 Å². The van der Waals surface area contributed by atoms with Gasteiger partial charge in [0, 0.05) is 30.0 Å². The Balaban J connectivity index is 1.26. The number of carbonyl (C=O) groups is 4. The van der Waals surface area contributed by atoms with Crippen LogP contribution in [0.1, 0.15) is 78.6 Å². The van der Waals surface area contributed by atoms with E-state index in [9.17, 15) is 45.2 Å². The number of ether oxygens (including phenoxy) is 3. The molecule has 5 rings (SSSR count). The molecule has 0 bridgehead atoms. The number of rotatable bonds is 17. The highest BCUT2D eigenvalue weighted by Crippen LogP contribution is 2.36. The fraction of sp³-hybridized carbons (Fsp3) is 0.615. The Hall–Kier alpha value is -4.68. The molecule has 0 spiro atoms. The van der Waals surface area contributed by atoms with Crippen molar-refractivity contribution in [3.63, 3.8) is 0 Å². The van der Waals surface area contributed by atoms with Crippen molar-refractivity contribution >= 4 is 44.6 Å². The van der Waals surface area contributed by atoms with E-state index in [1.54, 1.807) is 13.0 Å². The molecule has 1 aromatic carbocycles. The van der Waals surface area contributed by atoms with Crippen LogP contribution in [-0.4, -0.2) is 91.5 Å². The summed E-state index contributed by atoms with van der Waals surface area (Å²) in [4.78, 5) is 57.9. The molecule has 0 radical (unpaired) electrons. The molecule has 1 saturated heterocycles. The van der Waals surface area contributed by atoms with Crippen LogP contribution in [0.4, 0.5) is 22.4 Å². The summed E-state index contributed by atoms with van der Waals surface area (Å²) in [5, 5.41) is 2.57. The zero-order chi connectivity index (χ0) is 42.5. The van der Waals surface area contributed by atoms with Gasteiger partial charge in [0.2, 0.25) is 33.6 Å². The Bertz CT molecular complexity index is 1980. The normalized spacial score (nSPS) is 23.3. The first-order valence-electron chi connectivity index (χ1n) is 19.4. The summed E-state index contributed by atoms with van der Waals surface area (Å²) in [5.74, 6) is -3.88. The number of alkyl carbamates (subject to hydrolysis) is 1. The zero-order valence-corrected chi connectivity index (χ0v) is 33.6. The van der Waals surface area contributed by atoms with Gasteiger partial charge in [-0.1, -0.05) is 32.4 Å². The van der Waals surface area contributed by atoms with Crippen LogP contribution in [0.5, 0.6) is 11.6 Å². The molecule has 2 saturated carbocycles. The second kappa shape index (κ2) is 18.5. The van der Waals surface area contributed by atoms with E-state index in [0.717, 1.165) is 17.7 Å². The Morgan fingerprint density at radius 1 is 1.09 bits per heavy atom. The number of fused-ring (bicyclic) bond motifs is 1. The van der Waals surface area contributed by atoms with Gasteiger partial charge in [-0.05, 0) is 81.8 Å². The number of nitrogens with zero attached hydrogens (tertiary/aromatic N) is 2. The number of methoxy groups -OCH3 is 1. The van der Waals surface area contributed by atoms with Crippen molar-refractivity contribution in [2.45, 2.75) is 114 Å². The number of hydrogen-bond acceptors (Lipinski definition) is 10. The third-order valence-electron chi connectivity index (χ3n) is 11.1. The Kier molecular flexibility index (Phi) is 14.2. The Labute approximate surface area is 334 Å². The predicted molar refractivity (Wildman–Crippen MR) is 203 cm³/mol. The first-order valence-corrected chi connectivity index (χ1v) is 21.0. The van der Waals surface area contributed by atoms with Crippen molar-refractivity contribution in [3.05, 3.63) is 42.4 Å². The lowest BCUT2D eigenvalue weighted by Crippen LogP contribution is -2.56. The van der Waals surface area contributed by atoms with Crippen molar-refractivity contribution in [2.75, 3.05) is 13.7 Å². The first-order chi connectivity index (χ1) is 27.3. The lowest BCUT2D eigenvalue weighted by molar-refractivity contribution is -0.197. The number of hydrogen-bond donors (Lipinski definition) is 3. The van der Waals surface area contributed by atoms with E-state index in [4.69, 9.17) is 15.2 Å². The summed E-state index contributed by atoms with van der Waals surface area (Å²) in [5.41, 5.74) is 5.72. The molecule has 3 aliphatic rings. The Morgan fingerprint density at radius 3 is 2.47 bits per heavy atom. The number of benzene rings is 1. The number of amides is 4. The van der Waals surface area contributed by atoms with Crippen LogP contribution < -0.4 is 25.2 Å². The fourth-order valence-electron chi connectivity index (χ4n) is 7.78. The lowest BCUT2D eigenvalue weighted by atomic mass is 9.87. The minimum atomic E-state index is -4.86. The highest BCUT2D eigenvalue weighted by Gasteiger charge is 2.45. The number of aromatic nitrogens is 1. The van der Waals surface area contributed by atoms with Gasteiger partial charge in [-0.15, -0.1) is 0 Å². The summed E-state index contributed by atoms with van der Waals surface area (Å²) < 4.78 is 97.1. The highest BCUT2D eigenvalue weighted by molar-refractivity contribution is 7.90. The van der Waals surface area contributed by atoms with Crippen LogP contribution in [-0.2, 0) is 29.1 Å². The Morgan fingerprint density at radius 2 is 1.81 bits per heavy atom. The zero-order valence-electron chi connectivity index (χ0n) is 32.8. The smallest absolute Gasteiger partial charge is 0.425 e. The van der Waals surface area contributed by atoms with Crippen LogP contribution in [0.3, 0.4) is 0 Å². The van der Waals surface area contributed by atoms with Gasteiger partial charge in [0.05, 0.1) is 24.3 Å². The third kappa shape index (κ3) is 11.1. The summed E-state index contributed by atoms with van der Waals surface area (Å²) in [6, 6.07) is 1.33. The van der Waals surface area contributed by atoms with Crippen LogP contribution in [0.25, 0.3) is 10.8 Å². The second-order valence-corrected chi connectivity index (χ2v) is 17.6. The number of alkyl halides is 3. The molecule has 1 aromatic heterocycles. The molecule has 2 aromatic rings. The van der Waals surface area contributed by atoms with E-state index < -0.39 is 87.2 Å². The molecule has 2 heterocycles. The number of sulfonamides is 1. The molecular formula is C39H51F4N5O9S.